The Labute approximate surface area is 238 Å². The summed E-state index contributed by atoms with van der Waals surface area (Å²) >= 11 is 0. The largest absolute Gasteiger partial charge is 0.513 e. The number of esters is 1. The Bertz CT molecular complexity index is 1080. The van der Waals surface area contributed by atoms with Crippen molar-refractivity contribution < 1.29 is 42.6 Å². The summed E-state index contributed by atoms with van der Waals surface area (Å²) in [5.74, 6) is -0.0491. The molecule has 0 spiro atoms. The van der Waals surface area contributed by atoms with Crippen molar-refractivity contribution in [3.05, 3.63) is 59.7 Å². The molecule has 0 fully saturated rings. The van der Waals surface area contributed by atoms with E-state index in [1.807, 2.05) is 24.3 Å². The molecule has 2 aromatic carbocycles. The molecule has 1 amide bonds. The van der Waals surface area contributed by atoms with Crippen molar-refractivity contribution in [2.45, 2.75) is 57.9 Å². The van der Waals surface area contributed by atoms with Crippen LogP contribution in [0.25, 0.3) is 0 Å². The predicted molar refractivity (Wildman–Crippen MR) is 155 cm³/mol. The second-order valence-electron chi connectivity index (χ2n) is 8.81. The van der Waals surface area contributed by atoms with Gasteiger partial charge < -0.3 is 28.8 Å². The molecule has 0 saturated carbocycles. The van der Waals surface area contributed by atoms with Crippen molar-refractivity contribution in [2.24, 2.45) is 0 Å². The lowest BCUT2D eigenvalue weighted by molar-refractivity contribution is -0.141. The lowest BCUT2D eigenvalue weighted by Crippen LogP contribution is -2.42. The number of unbranched alkanes of at least 4 members (excludes halogenated alkanes) is 3. The summed E-state index contributed by atoms with van der Waals surface area (Å²) in [5.41, 5.74) is 1.73. The molecule has 2 rings (SSSR count). The summed E-state index contributed by atoms with van der Waals surface area (Å²) in [4.78, 5) is 47.7. The molecule has 1 N–H and O–H groups in total. The van der Waals surface area contributed by atoms with Gasteiger partial charge in [0, 0.05) is 19.8 Å². The van der Waals surface area contributed by atoms with Gasteiger partial charge in [0.1, 0.15) is 17.5 Å². The van der Waals surface area contributed by atoms with Crippen LogP contribution in [0, 0.1) is 0 Å². The normalized spacial score (nSPS) is 11.5. The van der Waals surface area contributed by atoms with Crippen molar-refractivity contribution in [1.29, 1.82) is 0 Å². The van der Waals surface area contributed by atoms with Crippen LogP contribution in [0.2, 0.25) is 0 Å². The van der Waals surface area contributed by atoms with E-state index in [2.05, 4.69) is 14.2 Å². The third-order valence-electron chi connectivity index (χ3n) is 5.71. The first-order chi connectivity index (χ1) is 19.3. The van der Waals surface area contributed by atoms with Gasteiger partial charge in [-0.2, -0.15) is 0 Å². The van der Waals surface area contributed by atoms with Crippen molar-refractivity contribution in [3.8, 4) is 11.5 Å². The highest BCUT2D eigenvalue weighted by Crippen LogP contribution is 2.23. The standard InChI is InChI=1S/C28H37NO9P2/c1-20(30)35-17-5-3-4-6-18-36-28(33)37-24-14-9-22(10-15-24)19-25(27(32)38-40-39)29-26(31)16-11-21-7-12-23(34-2)13-8-21/h7-10,12-15,25,40H,3-6,11,16-19,39H2,1-2H3,(H,29,31). The molecule has 0 aliphatic rings. The molecule has 12 heteroatoms. The Hall–Kier alpha value is -3.22. The van der Waals surface area contributed by atoms with E-state index < -0.39 is 18.2 Å². The first-order valence-electron chi connectivity index (χ1n) is 13.0. The van der Waals surface area contributed by atoms with Gasteiger partial charge in [-0.3, -0.25) is 9.59 Å². The SMILES string of the molecule is COc1ccc(CCC(=O)NC(Cc2ccc(OC(=O)OCCCCCCOC(C)=O)cc2)C(=O)OPP)cc1. The van der Waals surface area contributed by atoms with Crippen LogP contribution in [0.3, 0.4) is 0 Å². The number of amides is 1. The van der Waals surface area contributed by atoms with E-state index in [0.29, 0.717) is 25.2 Å². The number of methoxy groups -OCH3 is 1. The van der Waals surface area contributed by atoms with E-state index in [-0.39, 0.29) is 39.8 Å². The minimum Gasteiger partial charge on any atom is -0.497 e. The Morgan fingerprint density at radius 3 is 2.05 bits per heavy atom. The molecule has 10 nitrogen and oxygen atoms in total. The lowest BCUT2D eigenvalue weighted by Gasteiger charge is -2.17. The number of aryl methyl sites for hydroxylation is 1. The van der Waals surface area contributed by atoms with Gasteiger partial charge in [-0.05, 0) is 67.5 Å². The van der Waals surface area contributed by atoms with Gasteiger partial charge in [0.25, 0.3) is 0 Å². The van der Waals surface area contributed by atoms with Gasteiger partial charge in [-0.15, -0.1) is 0 Å². The molecule has 0 aromatic heterocycles. The molecule has 3 atom stereocenters. The zero-order chi connectivity index (χ0) is 29.2. The second kappa shape index (κ2) is 19.0. The number of rotatable bonds is 17. The average Bonchev–Trinajstić information content (AvgIpc) is 2.94. The van der Waals surface area contributed by atoms with Crippen molar-refractivity contribution in [1.82, 2.24) is 5.32 Å². The Morgan fingerprint density at radius 1 is 0.850 bits per heavy atom. The predicted octanol–water partition coefficient (Wildman–Crippen LogP) is 4.92. The van der Waals surface area contributed by atoms with E-state index in [1.165, 1.54) is 6.92 Å². The third kappa shape index (κ3) is 13.7. The molecule has 2 aromatic rings. The average molecular weight is 594 g/mol. The van der Waals surface area contributed by atoms with Gasteiger partial charge in [0.2, 0.25) is 5.91 Å². The van der Waals surface area contributed by atoms with Gasteiger partial charge in [0.15, 0.2) is 0 Å². The van der Waals surface area contributed by atoms with E-state index in [1.54, 1.807) is 31.4 Å². The molecular weight excluding hydrogens is 556 g/mol. The molecule has 0 heterocycles. The number of hydrogen-bond acceptors (Lipinski definition) is 9. The topological polar surface area (TPSA) is 126 Å². The molecule has 0 radical (unpaired) electrons. The number of benzene rings is 2. The Kier molecular flexibility index (Phi) is 15.6. The van der Waals surface area contributed by atoms with Crippen LogP contribution < -0.4 is 14.8 Å². The molecule has 0 bridgehead atoms. The smallest absolute Gasteiger partial charge is 0.497 e. The number of carbonyl (C=O) groups is 4. The van der Waals surface area contributed by atoms with Gasteiger partial charge in [0.05, 0.1) is 28.8 Å². The molecular formula is C28H37NO9P2. The fourth-order valence-electron chi connectivity index (χ4n) is 3.62. The fourth-order valence-corrected chi connectivity index (χ4v) is 4.23. The molecule has 40 heavy (non-hydrogen) atoms. The highest BCUT2D eigenvalue weighted by molar-refractivity contribution is 8.00. The Balaban J connectivity index is 1.78. The van der Waals surface area contributed by atoms with Crippen LogP contribution in [0.4, 0.5) is 4.79 Å². The third-order valence-corrected chi connectivity index (χ3v) is 6.38. The first kappa shape index (κ1) is 33.0. The van der Waals surface area contributed by atoms with E-state index >= 15 is 0 Å². The molecule has 0 aliphatic heterocycles. The van der Waals surface area contributed by atoms with Gasteiger partial charge >= 0.3 is 18.1 Å². The minimum absolute atomic E-state index is 0.127. The Morgan fingerprint density at radius 2 is 1.45 bits per heavy atom. The monoisotopic (exact) mass is 593 g/mol. The maximum absolute atomic E-state index is 12.6. The van der Waals surface area contributed by atoms with Crippen LogP contribution >= 0.6 is 17.4 Å². The van der Waals surface area contributed by atoms with E-state index in [0.717, 1.165) is 36.1 Å². The number of nitrogens with one attached hydrogen (secondary N) is 1. The summed E-state index contributed by atoms with van der Waals surface area (Å²) in [5, 5.41) is 2.77. The van der Waals surface area contributed by atoms with Gasteiger partial charge in [-0.25, -0.2) is 9.59 Å². The minimum atomic E-state index is -0.859. The summed E-state index contributed by atoms with van der Waals surface area (Å²) in [6.45, 7) is 1.99. The van der Waals surface area contributed by atoms with Crippen LogP contribution in [0.1, 0.15) is 50.2 Å². The van der Waals surface area contributed by atoms with Crippen LogP contribution in [0.5, 0.6) is 11.5 Å². The van der Waals surface area contributed by atoms with Gasteiger partial charge in [-0.1, -0.05) is 33.2 Å². The summed E-state index contributed by atoms with van der Waals surface area (Å²) in [6.07, 6.45) is 3.27. The van der Waals surface area contributed by atoms with E-state index in [4.69, 9.17) is 23.5 Å². The molecule has 0 saturated heterocycles. The number of carbonyl (C=O) groups excluding carboxylic acids is 4. The maximum Gasteiger partial charge on any atom is 0.513 e. The fraction of sp³-hybridized carbons (Fsp3) is 0.429. The quantitative estimate of drug-likeness (QED) is 0.0894. The molecule has 0 aliphatic carbocycles. The van der Waals surface area contributed by atoms with E-state index in [9.17, 15) is 19.2 Å². The zero-order valence-corrected chi connectivity index (χ0v) is 25.0. The molecule has 3 unspecified atom stereocenters. The lowest BCUT2D eigenvalue weighted by atomic mass is 10.0. The van der Waals surface area contributed by atoms with Crippen molar-refractivity contribution >= 4 is 41.4 Å². The second-order valence-corrected chi connectivity index (χ2v) is 9.96. The maximum atomic E-state index is 12.6. The highest BCUT2D eigenvalue weighted by atomic mass is 32.0. The highest BCUT2D eigenvalue weighted by Gasteiger charge is 2.23. The molecule has 218 valence electrons. The first-order valence-corrected chi connectivity index (χ1v) is 15.7. The van der Waals surface area contributed by atoms with Crippen molar-refractivity contribution in [3.63, 3.8) is 0 Å². The zero-order valence-electron chi connectivity index (χ0n) is 22.8. The summed E-state index contributed by atoms with van der Waals surface area (Å²) < 4.78 is 25.4. The summed E-state index contributed by atoms with van der Waals surface area (Å²) in [7, 11) is 3.81. The van der Waals surface area contributed by atoms with Crippen molar-refractivity contribution in [2.75, 3.05) is 20.3 Å². The number of ether oxygens (including phenoxy) is 4. The van der Waals surface area contributed by atoms with Crippen LogP contribution in [0.15, 0.2) is 48.5 Å². The summed E-state index contributed by atoms with van der Waals surface area (Å²) in [6, 6.07) is 13.2. The number of hydrogen-bond donors (Lipinski definition) is 1. The van der Waals surface area contributed by atoms with Crippen LogP contribution in [-0.4, -0.2) is 50.4 Å². The van der Waals surface area contributed by atoms with Crippen LogP contribution in [-0.2, 0) is 41.2 Å².